The van der Waals surface area contributed by atoms with E-state index in [9.17, 15) is 20.0 Å². The van der Waals surface area contributed by atoms with E-state index in [4.69, 9.17) is 0 Å². The quantitative estimate of drug-likeness (QED) is 0.514. The molecule has 2 aromatic carbocycles. The van der Waals surface area contributed by atoms with Gasteiger partial charge in [0.25, 0.3) is 5.69 Å². The largest absolute Gasteiger partial charge is 0.506 e. The third-order valence-electron chi connectivity index (χ3n) is 3.62. The molecule has 1 aliphatic rings. The molecular formula is C15H12N2O4. The van der Waals surface area contributed by atoms with Crippen molar-refractivity contribution >= 4 is 17.3 Å². The Labute approximate surface area is 120 Å². The van der Waals surface area contributed by atoms with Crippen LogP contribution in [0.3, 0.4) is 0 Å². The molecule has 6 nitrogen and oxygen atoms in total. The van der Waals surface area contributed by atoms with Gasteiger partial charge in [0.15, 0.2) is 0 Å². The number of phenols is 1. The van der Waals surface area contributed by atoms with Gasteiger partial charge in [0.05, 0.1) is 22.6 Å². The molecule has 21 heavy (non-hydrogen) atoms. The molecule has 1 unspecified atom stereocenters. The molecule has 0 aromatic heterocycles. The molecule has 2 N–H and O–H groups in total. The molecule has 6 heteroatoms. The molecule has 1 atom stereocenters. The van der Waals surface area contributed by atoms with Crippen LogP contribution in [0.1, 0.15) is 17.0 Å². The number of anilines is 1. The first kappa shape index (κ1) is 13.1. The Morgan fingerprint density at radius 1 is 1.29 bits per heavy atom. The van der Waals surface area contributed by atoms with E-state index in [0.29, 0.717) is 6.42 Å². The SMILES string of the molecule is O=C(Nc1ccc([N+](=O)[O-])cc1O)C1Cc2ccccc21. The summed E-state index contributed by atoms with van der Waals surface area (Å²) in [5.41, 5.74) is 2.08. The molecule has 0 bridgehead atoms. The van der Waals surface area contributed by atoms with Crippen LogP contribution in [0.2, 0.25) is 0 Å². The zero-order chi connectivity index (χ0) is 15.0. The third-order valence-corrected chi connectivity index (χ3v) is 3.62. The number of nitro groups is 1. The maximum Gasteiger partial charge on any atom is 0.273 e. The number of hydrogen-bond acceptors (Lipinski definition) is 4. The van der Waals surface area contributed by atoms with Gasteiger partial charge in [-0.2, -0.15) is 0 Å². The van der Waals surface area contributed by atoms with Crippen molar-refractivity contribution in [2.75, 3.05) is 5.32 Å². The predicted molar refractivity (Wildman–Crippen MR) is 76.3 cm³/mol. The number of nitrogens with one attached hydrogen (secondary N) is 1. The number of non-ortho nitro benzene ring substituents is 1. The van der Waals surface area contributed by atoms with Crippen molar-refractivity contribution in [3.63, 3.8) is 0 Å². The average Bonchev–Trinajstić information content (AvgIpc) is 2.42. The summed E-state index contributed by atoms with van der Waals surface area (Å²) in [6, 6.07) is 11.3. The second kappa shape index (κ2) is 4.90. The molecule has 0 fully saturated rings. The molecule has 1 aliphatic carbocycles. The number of benzene rings is 2. The topological polar surface area (TPSA) is 92.5 Å². The van der Waals surface area contributed by atoms with Gasteiger partial charge in [0.1, 0.15) is 5.75 Å². The number of amides is 1. The fourth-order valence-corrected chi connectivity index (χ4v) is 2.45. The molecule has 0 saturated heterocycles. The molecule has 106 valence electrons. The summed E-state index contributed by atoms with van der Waals surface area (Å²) in [4.78, 5) is 22.2. The van der Waals surface area contributed by atoms with E-state index in [1.165, 1.54) is 12.1 Å². The average molecular weight is 284 g/mol. The van der Waals surface area contributed by atoms with Crippen LogP contribution < -0.4 is 5.32 Å². The second-order valence-corrected chi connectivity index (χ2v) is 4.90. The van der Waals surface area contributed by atoms with Crippen LogP contribution in [0.25, 0.3) is 0 Å². The summed E-state index contributed by atoms with van der Waals surface area (Å²) in [5, 5.41) is 22.9. The summed E-state index contributed by atoms with van der Waals surface area (Å²) in [6.07, 6.45) is 0.662. The summed E-state index contributed by atoms with van der Waals surface area (Å²) in [6.45, 7) is 0. The number of fused-ring (bicyclic) bond motifs is 1. The summed E-state index contributed by atoms with van der Waals surface area (Å²) in [7, 11) is 0. The minimum atomic E-state index is -0.604. The lowest BCUT2D eigenvalue weighted by atomic mass is 9.77. The van der Waals surface area contributed by atoms with Crippen LogP contribution in [0.4, 0.5) is 11.4 Å². The minimum absolute atomic E-state index is 0.176. The summed E-state index contributed by atoms with van der Waals surface area (Å²) >= 11 is 0. The monoisotopic (exact) mass is 284 g/mol. The van der Waals surface area contributed by atoms with E-state index in [0.717, 1.165) is 17.2 Å². The Morgan fingerprint density at radius 3 is 2.71 bits per heavy atom. The molecular weight excluding hydrogens is 272 g/mol. The number of nitrogens with zero attached hydrogens (tertiary/aromatic N) is 1. The van der Waals surface area contributed by atoms with Crippen molar-refractivity contribution < 1.29 is 14.8 Å². The molecule has 0 saturated carbocycles. The molecule has 3 rings (SSSR count). The molecule has 2 aromatic rings. The highest BCUT2D eigenvalue weighted by atomic mass is 16.6. The van der Waals surface area contributed by atoms with Crippen LogP contribution >= 0.6 is 0 Å². The first-order valence-electron chi connectivity index (χ1n) is 6.42. The fraction of sp³-hybridized carbons (Fsp3) is 0.133. The van der Waals surface area contributed by atoms with Crippen molar-refractivity contribution in [1.82, 2.24) is 0 Å². The Hall–Kier alpha value is -2.89. The minimum Gasteiger partial charge on any atom is -0.506 e. The Kier molecular flexibility index (Phi) is 3.06. The van der Waals surface area contributed by atoms with Crippen molar-refractivity contribution in [3.05, 3.63) is 63.7 Å². The number of aromatic hydroxyl groups is 1. The zero-order valence-corrected chi connectivity index (χ0v) is 10.9. The van der Waals surface area contributed by atoms with Crippen LogP contribution in [0.5, 0.6) is 5.75 Å². The van der Waals surface area contributed by atoms with Gasteiger partial charge in [-0.15, -0.1) is 0 Å². The van der Waals surface area contributed by atoms with Gasteiger partial charge in [-0.25, -0.2) is 0 Å². The highest BCUT2D eigenvalue weighted by Crippen LogP contribution is 2.36. The molecule has 0 spiro atoms. The van der Waals surface area contributed by atoms with E-state index < -0.39 is 4.92 Å². The van der Waals surface area contributed by atoms with Crippen LogP contribution in [0.15, 0.2) is 42.5 Å². The van der Waals surface area contributed by atoms with E-state index in [1.807, 2.05) is 24.3 Å². The van der Waals surface area contributed by atoms with Gasteiger partial charge in [-0.3, -0.25) is 14.9 Å². The highest BCUT2D eigenvalue weighted by Gasteiger charge is 2.32. The Balaban J connectivity index is 1.76. The van der Waals surface area contributed by atoms with E-state index in [2.05, 4.69) is 5.32 Å². The first-order valence-corrected chi connectivity index (χ1v) is 6.42. The molecule has 0 heterocycles. The fourth-order valence-electron chi connectivity index (χ4n) is 2.45. The van der Waals surface area contributed by atoms with Gasteiger partial charge < -0.3 is 10.4 Å². The number of carbonyl (C=O) groups is 1. The number of phenolic OH excluding ortho intramolecular Hbond substituents is 1. The van der Waals surface area contributed by atoms with Crippen molar-refractivity contribution in [3.8, 4) is 5.75 Å². The van der Waals surface area contributed by atoms with E-state index in [1.54, 1.807) is 0 Å². The third kappa shape index (κ3) is 2.31. The maximum atomic E-state index is 12.2. The smallest absolute Gasteiger partial charge is 0.273 e. The predicted octanol–water partition coefficient (Wildman–Crippen LogP) is 2.58. The maximum absolute atomic E-state index is 12.2. The number of carbonyl (C=O) groups excluding carboxylic acids is 1. The highest BCUT2D eigenvalue weighted by molar-refractivity contribution is 5.98. The number of hydrogen-bond donors (Lipinski definition) is 2. The van der Waals surface area contributed by atoms with Gasteiger partial charge >= 0.3 is 0 Å². The summed E-state index contributed by atoms with van der Waals surface area (Å²) in [5.74, 6) is -0.779. The molecule has 0 radical (unpaired) electrons. The number of nitro benzene ring substituents is 1. The van der Waals surface area contributed by atoms with Crippen molar-refractivity contribution in [1.29, 1.82) is 0 Å². The lowest BCUT2D eigenvalue weighted by Crippen LogP contribution is -2.30. The zero-order valence-electron chi connectivity index (χ0n) is 10.9. The first-order chi connectivity index (χ1) is 10.1. The standard InChI is InChI=1S/C15H12N2O4/c18-14-8-10(17(20)21)5-6-13(14)16-15(19)12-7-9-3-1-2-4-11(9)12/h1-6,8,12,18H,7H2,(H,16,19). The normalized spacial score (nSPS) is 15.7. The second-order valence-electron chi connectivity index (χ2n) is 4.90. The van der Waals surface area contributed by atoms with Crippen molar-refractivity contribution in [2.24, 2.45) is 0 Å². The van der Waals surface area contributed by atoms with Gasteiger partial charge in [0.2, 0.25) is 5.91 Å². The molecule has 0 aliphatic heterocycles. The van der Waals surface area contributed by atoms with Crippen LogP contribution in [0, 0.1) is 10.1 Å². The lowest BCUT2D eigenvalue weighted by Gasteiger charge is -2.28. The van der Waals surface area contributed by atoms with Crippen LogP contribution in [-0.4, -0.2) is 15.9 Å². The van der Waals surface area contributed by atoms with E-state index >= 15 is 0 Å². The lowest BCUT2D eigenvalue weighted by molar-refractivity contribution is -0.384. The van der Waals surface area contributed by atoms with Gasteiger partial charge in [-0.1, -0.05) is 24.3 Å². The Morgan fingerprint density at radius 2 is 2.05 bits per heavy atom. The molecule has 1 amide bonds. The van der Waals surface area contributed by atoms with Crippen LogP contribution in [-0.2, 0) is 11.2 Å². The van der Waals surface area contributed by atoms with E-state index in [-0.39, 0.29) is 28.9 Å². The van der Waals surface area contributed by atoms with Gasteiger partial charge in [0, 0.05) is 6.07 Å². The Bertz CT molecular complexity index is 742. The van der Waals surface area contributed by atoms with Crippen molar-refractivity contribution in [2.45, 2.75) is 12.3 Å². The van der Waals surface area contributed by atoms with Gasteiger partial charge in [-0.05, 0) is 23.6 Å². The summed E-state index contributed by atoms with van der Waals surface area (Å²) < 4.78 is 0. The number of rotatable bonds is 3.